The van der Waals surface area contributed by atoms with Crippen molar-refractivity contribution in [2.24, 2.45) is 0 Å². The summed E-state index contributed by atoms with van der Waals surface area (Å²) in [6, 6.07) is 2.96. The molecule has 18 heavy (non-hydrogen) atoms. The Bertz CT molecular complexity index is 507. The molecule has 6 heteroatoms. The van der Waals surface area contributed by atoms with Crippen LogP contribution in [0.2, 0.25) is 5.15 Å². The quantitative estimate of drug-likeness (QED) is 0.870. The van der Waals surface area contributed by atoms with Crippen molar-refractivity contribution in [2.75, 3.05) is 0 Å². The van der Waals surface area contributed by atoms with Crippen LogP contribution in [0.1, 0.15) is 39.0 Å². The predicted molar refractivity (Wildman–Crippen MR) is 71.1 cm³/mol. The zero-order valence-corrected chi connectivity index (χ0v) is 11.9. The third kappa shape index (κ3) is 3.22. The highest BCUT2D eigenvalue weighted by Gasteiger charge is 2.32. The fourth-order valence-corrected chi connectivity index (χ4v) is 3.86. The predicted octanol–water partition coefficient (Wildman–Crippen LogP) is 2.74. The Kier molecular flexibility index (Phi) is 3.94. The van der Waals surface area contributed by atoms with Crippen molar-refractivity contribution in [3.8, 4) is 0 Å². The van der Waals surface area contributed by atoms with E-state index in [1.54, 1.807) is 0 Å². The zero-order valence-electron chi connectivity index (χ0n) is 10.3. The molecule has 1 aromatic heterocycles. The van der Waals surface area contributed by atoms with Gasteiger partial charge in [0.05, 0.1) is 0 Å². The fraction of sp³-hybridized carbons (Fsp3) is 0.583. The maximum Gasteiger partial charge on any atom is 0.242 e. The van der Waals surface area contributed by atoms with Gasteiger partial charge in [-0.05, 0) is 31.9 Å². The Morgan fingerprint density at radius 1 is 1.28 bits per heavy atom. The lowest BCUT2D eigenvalue weighted by Crippen LogP contribution is -2.47. The molecule has 0 spiro atoms. The Balaban J connectivity index is 2.18. The van der Waals surface area contributed by atoms with E-state index in [0.717, 1.165) is 25.7 Å². The Morgan fingerprint density at radius 3 is 2.50 bits per heavy atom. The summed E-state index contributed by atoms with van der Waals surface area (Å²) in [5, 5.41) is 0.290. The molecule has 2 rings (SSSR count). The average molecular weight is 289 g/mol. The molecule has 0 bridgehead atoms. The molecule has 0 unspecified atom stereocenters. The van der Waals surface area contributed by atoms with Gasteiger partial charge in [0, 0.05) is 11.7 Å². The summed E-state index contributed by atoms with van der Waals surface area (Å²) in [5.41, 5.74) is -0.337. The second kappa shape index (κ2) is 5.15. The van der Waals surface area contributed by atoms with Gasteiger partial charge in [-0.1, -0.05) is 30.9 Å². The van der Waals surface area contributed by atoms with E-state index in [9.17, 15) is 8.42 Å². The van der Waals surface area contributed by atoms with Crippen molar-refractivity contribution in [2.45, 2.75) is 49.5 Å². The van der Waals surface area contributed by atoms with Crippen LogP contribution >= 0.6 is 11.6 Å². The standard InChI is InChI=1S/C12H17ClN2O2S/c1-12(7-3-2-4-8-12)15-18(16,17)10-5-6-11(13)14-9-10/h5-6,9,15H,2-4,7-8H2,1H3. The van der Waals surface area contributed by atoms with Crippen LogP contribution in [0.25, 0.3) is 0 Å². The molecular formula is C12H17ClN2O2S. The second-order valence-electron chi connectivity index (χ2n) is 5.04. The lowest BCUT2D eigenvalue weighted by molar-refractivity contribution is 0.294. The molecule has 1 N–H and O–H groups in total. The van der Waals surface area contributed by atoms with Gasteiger partial charge >= 0.3 is 0 Å². The minimum Gasteiger partial charge on any atom is -0.243 e. The van der Waals surface area contributed by atoms with Crippen LogP contribution < -0.4 is 4.72 Å². The molecule has 1 aliphatic rings. The van der Waals surface area contributed by atoms with E-state index in [1.807, 2.05) is 6.92 Å². The molecule has 0 aromatic carbocycles. The summed E-state index contributed by atoms with van der Waals surface area (Å²) >= 11 is 5.65. The highest BCUT2D eigenvalue weighted by Crippen LogP contribution is 2.29. The molecule has 1 saturated carbocycles. The van der Waals surface area contributed by atoms with E-state index in [0.29, 0.717) is 0 Å². The maximum atomic E-state index is 12.2. The summed E-state index contributed by atoms with van der Waals surface area (Å²) in [4.78, 5) is 3.97. The summed E-state index contributed by atoms with van der Waals surface area (Å²) < 4.78 is 27.2. The monoisotopic (exact) mass is 288 g/mol. The molecular weight excluding hydrogens is 272 g/mol. The normalized spacial score (nSPS) is 19.7. The van der Waals surface area contributed by atoms with Gasteiger partial charge in [0.2, 0.25) is 10.0 Å². The minimum atomic E-state index is -3.51. The summed E-state index contributed by atoms with van der Waals surface area (Å²) in [5.74, 6) is 0. The van der Waals surface area contributed by atoms with E-state index in [-0.39, 0.29) is 15.6 Å². The number of nitrogens with one attached hydrogen (secondary N) is 1. The van der Waals surface area contributed by atoms with Gasteiger partial charge in [0.1, 0.15) is 10.0 Å². The van der Waals surface area contributed by atoms with Crippen LogP contribution in [0.4, 0.5) is 0 Å². The van der Waals surface area contributed by atoms with E-state index >= 15 is 0 Å². The lowest BCUT2D eigenvalue weighted by atomic mass is 9.84. The first-order valence-corrected chi connectivity index (χ1v) is 7.93. The molecule has 1 fully saturated rings. The molecule has 100 valence electrons. The van der Waals surface area contributed by atoms with Crippen LogP contribution in [0.15, 0.2) is 23.2 Å². The van der Waals surface area contributed by atoms with Crippen molar-refractivity contribution < 1.29 is 8.42 Å². The molecule has 0 saturated heterocycles. The third-order valence-corrected chi connectivity index (χ3v) is 5.20. The first-order chi connectivity index (χ1) is 8.41. The molecule has 1 heterocycles. The number of nitrogens with zero attached hydrogens (tertiary/aromatic N) is 1. The van der Waals surface area contributed by atoms with Gasteiger partial charge in [-0.25, -0.2) is 18.1 Å². The summed E-state index contributed by atoms with van der Waals surface area (Å²) in [6.45, 7) is 1.97. The number of hydrogen-bond acceptors (Lipinski definition) is 3. The van der Waals surface area contributed by atoms with Crippen LogP contribution in [0.5, 0.6) is 0 Å². The fourth-order valence-electron chi connectivity index (χ4n) is 2.34. The number of rotatable bonds is 3. The van der Waals surface area contributed by atoms with Gasteiger partial charge < -0.3 is 0 Å². The van der Waals surface area contributed by atoms with Gasteiger partial charge in [-0.3, -0.25) is 0 Å². The summed E-state index contributed by atoms with van der Waals surface area (Å²) in [7, 11) is -3.51. The maximum absolute atomic E-state index is 12.2. The van der Waals surface area contributed by atoms with Crippen molar-refractivity contribution >= 4 is 21.6 Å². The number of sulfonamides is 1. The summed E-state index contributed by atoms with van der Waals surface area (Å²) in [6.07, 6.45) is 6.37. The zero-order chi connectivity index (χ0) is 13.2. The third-order valence-electron chi connectivity index (χ3n) is 3.35. The molecule has 1 aliphatic carbocycles. The Morgan fingerprint density at radius 2 is 1.94 bits per heavy atom. The van der Waals surface area contributed by atoms with Gasteiger partial charge in [0.15, 0.2) is 0 Å². The highest BCUT2D eigenvalue weighted by atomic mass is 35.5. The van der Waals surface area contributed by atoms with Crippen molar-refractivity contribution in [1.82, 2.24) is 9.71 Å². The van der Waals surface area contributed by atoms with Crippen molar-refractivity contribution in [3.05, 3.63) is 23.5 Å². The SMILES string of the molecule is CC1(NS(=O)(=O)c2ccc(Cl)nc2)CCCCC1. The number of halogens is 1. The van der Waals surface area contributed by atoms with E-state index in [2.05, 4.69) is 9.71 Å². The largest absolute Gasteiger partial charge is 0.243 e. The van der Waals surface area contributed by atoms with Crippen molar-refractivity contribution in [3.63, 3.8) is 0 Å². The molecule has 1 aromatic rings. The molecule has 0 radical (unpaired) electrons. The Labute approximate surface area is 113 Å². The molecule has 0 atom stereocenters. The van der Waals surface area contributed by atoms with Gasteiger partial charge in [-0.15, -0.1) is 0 Å². The van der Waals surface area contributed by atoms with Crippen LogP contribution in [0.3, 0.4) is 0 Å². The molecule has 4 nitrogen and oxygen atoms in total. The topological polar surface area (TPSA) is 59.1 Å². The first kappa shape index (κ1) is 13.8. The van der Waals surface area contributed by atoms with E-state index in [4.69, 9.17) is 11.6 Å². The molecule has 0 amide bonds. The van der Waals surface area contributed by atoms with E-state index in [1.165, 1.54) is 24.8 Å². The molecule has 0 aliphatic heterocycles. The number of pyridine rings is 1. The van der Waals surface area contributed by atoms with Gasteiger partial charge in [-0.2, -0.15) is 0 Å². The minimum absolute atomic E-state index is 0.165. The lowest BCUT2D eigenvalue weighted by Gasteiger charge is -2.34. The van der Waals surface area contributed by atoms with Crippen molar-refractivity contribution in [1.29, 1.82) is 0 Å². The van der Waals surface area contributed by atoms with Crippen LogP contribution in [-0.4, -0.2) is 18.9 Å². The number of hydrogen-bond donors (Lipinski definition) is 1. The average Bonchev–Trinajstić information content (AvgIpc) is 2.29. The van der Waals surface area contributed by atoms with Crippen LogP contribution in [0, 0.1) is 0 Å². The van der Waals surface area contributed by atoms with Crippen LogP contribution in [-0.2, 0) is 10.0 Å². The second-order valence-corrected chi connectivity index (χ2v) is 7.11. The van der Waals surface area contributed by atoms with E-state index < -0.39 is 10.0 Å². The van der Waals surface area contributed by atoms with Gasteiger partial charge in [0.25, 0.3) is 0 Å². The highest BCUT2D eigenvalue weighted by molar-refractivity contribution is 7.89. The Hall–Kier alpha value is -0.650. The smallest absolute Gasteiger partial charge is 0.242 e. The number of aromatic nitrogens is 1. The first-order valence-electron chi connectivity index (χ1n) is 6.07.